The second-order valence-corrected chi connectivity index (χ2v) is 9.41. The monoisotopic (exact) mass is 501 g/mol. The van der Waals surface area contributed by atoms with Crippen LogP contribution in [0.3, 0.4) is 0 Å². The third-order valence-corrected chi connectivity index (χ3v) is 7.22. The molecule has 0 saturated carbocycles. The number of carbonyl (C=O) groups excluding carboxylic acids is 3. The first-order valence-corrected chi connectivity index (χ1v) is 11.7. The Hall–Kier alpha value is -3.57. The van der Waals surface area contributed by atoms with Crippen LogP contribution in [0.2, 0.25) is 0 Å². The zero-order valence-corrected chi connectivity index (χ0v) is 18.8. The molecule has 5 rings (SSSR count). The second-order valence-electron chi connectivity index (χ2n) is 7.46. The van der Waals surface area contributed by atoms with Crippen LogP contribution in [0.15, 0.2) is 53.9 Å². The molecule has 1 aromatic carbocycles. The fourth-order valence-electron chi connectivity index (χ4n) is 3.65. The zero-order chi connectivity index (χ0) is 24.0. The maximum Gasteiger partial charge on any atom is 0.416 e. The van der Waals surface area contributed by atoms with Crippen LogP contribution in [0.4, 0.5) is 24.5 Å². The van der Waals surface area contributed by atoms with Crippen LogP contribution in [-0.4, -0.2) is 22.7 Å². The predicted octanol–water partition coefficient (Wildman–Crippen LogP) is 5.95. The first kappa shape index (κ1) is 22.2. The molecule has 1 N–H and O–H groups in total. The van der Waals surface area contributed by atoms with E-state index >= 15 is 0 Å². The molecule has 4 aromatic rings. The van der Waals surface area contributed by atoms with Crippen molar-refractivity contribution in [1.29, 1.82) is 0 Å². The normalized spacial score (nSPS) is 15.0. The Kier molecular flexibility index (Phi) is 5.45. The van der Waals surface area contributed by atoms with E-state index in [9.17, 15) is 27.6 Å². The molecule has 1 aliphatic heterocycles. The van der Waals surface area contributed by atoms with Gasteiger partial charge in [-0.2, -0.15) is 13.2 Å². The SMILES string of the molecule is O=C1CCC(=O)N(c2cccc(C(F)(F)F)c2)C(=O)c2sc3nc(-c4cccs4)ccc3c2N1. The minimum atomic E-state index is -4.65. The maximum atomic E-state index is 13.6. The largest absolute Gasteiger partial charge is 0.416 e. The summed E-state index contributed by atoms with van der Waals surface area (Å²) in [5.74, 6) is -2.06. The highest BCUT2D eigenvalue weighted by molar-refractivity contribution is 7.21. The van der Waals surface area contributed by atoms with Gasteiger partial charge >= 0.3 is 6.18 Å². The van der Waals surface area contributed by atoms with E-state index in [-0.39, 0.29) is 29.1 Å². The molecule has 0 radical (unpaired) electrons. The van der Waals surface area contributed by atoms with Crippen molar-refractivity contribution in [1.82, 2.24) is 4.98 Å². The summed E-state index contributed by atoms with van der Waals surface area (Å²) in [6.45, 7) is 0. The molecule has 0 unspecified atom stereocenters. The minimum Gasteiger partial charge on any atom is -0.324 e. The standard InChI is InChI=1S/C23H14F3N3O3S2/c24-23(25,26)12-3-1-4-13(11-12)29-18(31)9-8-17(30)28-19-14-6-7-15(16-5-2-10-33-16)27-21(14)34-20(19)22(29)32/h1-7,10-11H,8-9H2,(H,28,30). The van der Waals surface area contributed by atoms with Gasteiger partial charge in [-0.15, -0.1) is 22.7 Å². The number of halogens is 3. The Bertz CT molecular complexity index is 1440. The van der Waals surface area contributed by atoms with Crippen LogP contribution in [-0.2, 0) is 15.8 Å². The van der Waals surface area contributed by atoms with Crippen molar-refractivity contribution in [2.24, 2.45) is 0 Å². The third kappa shape index (κ3) is 3.97. The molecule has 0 bridgehead atoms. The molecule has 3 amide bonds. The van der Waals surface area contributed by atoms with Crippen molar-refractivity contribution in [3.8, 4) is 10.6 Å². The van der Waals surface area contributed by atoms with E-state index in [1.807, 2.05) is 17.5 Å². The lowest BCUT2D eigenvalue weighted by Gasteiger charge is -2.21. The van der Waals surface area contributed by atoms with Crippen LogP contribution in [0.25, 0.3) is 20.8 Å². The molecule has 6 nitrogen and oxygen atoms in total. The van der Waals surface area contributed by atoms with E-state index in [1.165, 1.54) is 17.4 Å². The van der Waals surface area contributed by atoms with Crippen molar-refractivity contribution in [3.63, 3.8) is 0 Å². The molecular weight excluding hydrogens is 487 g/mol. The van der Waals surface area contributed by atoms with Gasteiger partial charge < -0.3 is 5.32 Å². The van der Waals surface area contributed by atoms with Gasteiger partial charge in [0.1, 0.15) is 9.71 Å². The zero-order valence-electron chi connectivity index (χ0n) is 17.2. The van der Waals surface area contributed by atoms with Gasteiger partial charge in [0.25, 0.3) is 5.91 Å². The van der Waals surface area contributed by atoms with Gasteiger partial charge in [0, 0.05) is 18.2 Å². The van der Waals surface area contributed by atoms with Gasteiger partial charge in [-0.25, -0.2) is 9.88 Å². The average Bonchev–Trinajstić information content (AvgIpc) is 3.46. The van der Waals surface area contributed by atoms with Gasteiger partial charge in [0.05, 0.1) is 27.5 Å². The number of imide groups is 1. The summed E-state index contributed by atoms with van der Waals surface area (Å²) in [6, 6.07) is 11.3. The molecular formula is C23H14F3N3O3S2. The Morgan fingerprint density at radius 3 is 2.56 bits per heavy atom. The molecule has 34 heavy (non-hydrogen) atoms. The van der Waals surface area contributed by atoms with Crippen molar-refractivity contribution >= 4 is 62.0 Å². The topological polar surface area (TPSA) is 79.4 Å². The molecule has 3 aromatic heterocycles. The number of hydrogen-bond acceptors (Lipinski definition) is 6. The highest BCUT2D eigenvalue weighted by Crippen LogP contribution is 2.40. The molecule has 0 fully saturated rings. The highest BCUT2D eigenvalue weighted by Gasteiger charge is 2.35. The summed E-state index contributed by atoms with van der Waals surface area (Å²) < 4.78 is 39.8. The Balaban J connectivity index is 1.66. The number of aromatic nitrogens is 1. The van der Waals surface area contributed by atoms with E-state index in [0.717, 1.165) is 34.4 Å². The number of nitrogens with zero attached hydrogens (tertiary/aromatic N) is 2. The molecule has 4 heterocycles. The van der Waals surface area contributed by atoms with E-state index in [1.54, 1.807) is 12.1 Å². The van der Waals surface area contributed by atoms with Crippen molar-refractivity contribution < 1.29 is 27.6 Å². The van der Waals surface area contributed by atoms with Crippen molar-refractivity contribution in [2.75, 3.05) is 10.2 Å². The molecule has 172 valence electrons. The molecule has 0 aliphatic carbocycles. The quantitative estimate of drug-likeness (QED) is 0.344. The summed E-state index contributed by atoms with van der Waals surface area (Å²) in [7, 11) is 0. The van der Waals surface area contributed by atoms with Crippen LogP contribution in [0.5, 0.6) is 0 Å². The van der Waals surface area contributed by atoms with E-state index < -0.39 is 29.5 Å². The lowest BCUT2D eigenvalue weighted by atomic mass is 10.1. The molecule has 11 heteroatoms. The van der Waals surface area contributed by atoms with Gasteiger partial charge in [-0.05, 0) is 41.8 Å². The summed E-state index contributed by atoms with van der Waals surface area (Å²) in [6.07, 6.45) is -5.20. The number of pyridine rings is 1. The third-order valence-electron chi connectivity index (χ3n) is 5.24. The first-order valence-electron chi connectivity index (χ1n) is 10.0. The Labute approximate surface area is 198 Å². The van der Waals surface area contributed by atoms with Crippen LogP contribution < -0.4 is 10.2 Å². The number of fused-ring (bicyclic) bond motifs is 3. The van der Waals surface area contributed by atoms with Crippen molar-refractivity contribution in [2.45, 2.75) is 19.0 Å². The van der Waals surface area contributed by atoms with Crippen molar-refractivity contribution in [3.05, 3.63) is 64.4 Å². The molecule has 0 spiro atoms. The number of alkyl halides is 3. The number of thiophene rings is 2. The predicted molar refractivity (Wildman–Crippen MR) is 124 cm³/mol. The Morgan fingerprint density at radius 2 is 1.82 bits per heavy atom. The van der Waals surface area contributed by atoms with E-state index in [2.05, 4.69) is 10.3 Å². The number of rotatable bonds is 2. The van der Waals surface area contributed by atoms with Crippen LogP contribution in [0, 0.1) is 0 Å². The summed E-state index contributed by atoms with van der Waals surface area (Å²) in [4.78, 5) is 45.6. The summed E-state index contributed by atoms with van der Waals surface area (Å²) in [5, 5.41) is 5.11. The average molecular weight is 502 g/mol. The van der Waals surface area contributed by atoms with E-state index in [4.69, 9.17) is 0 Å². The summed E-state index contributed by atoms with van der Waals surface area (Å²) in [5.41, 5.74) is -0.321. The second kappa shape index (κ2) is 8.33. The van der Waals surface area contributed by atoms with Gasteiger partial charge in [-0.3, -0.25) is 14.4 Å². The summed E-state index contributed by atoms with van der Waals surface area (Å²) >= 11 is 2.47. The fourth-order valence-corrected chi connectivity index (χ4v) is 5.40. The van der Waals surface area contributed by atoms with Gasteiger partial charge in [0.15, 0.2) is 0 Å². The molecule has 0 atom stereocenters. The van der Waals surface area contributed by atoms with Crippen LogP contribution >= 0.6 is 22.7 Å². The smallest absolute Gasteiger partial charge is 0.324 e. The number of carbonyl (C=O) groups is 3. The highest BCUT2D eigenvalue weighted by atomic mass is 32.1. The number of amides is 3. The number of nitrogens with one attached hydrogen (secondary N) is 1. The fraction of sp³-hybridized carbons (Fsp3) is 0.130. The number of benzene rings is 1. The maximum absolute atomic E-state index is 13.6. The lowest BCUT2D eigenvalue weighted by Crippen LogP contribution is -2.36. The number of anilines is 2. The lowest BCUT2D eigenvalue weighted by molar-refractivity contribution is -0.137. The minimum absolute atomic E-state index is 0.0202. The first-order chi connectivity index (χ1) is 16.2. The molecule has 0 saturated heterocycles. The molecule has 1 aliphatic rings. The van der Waals surface area contributed by atoms with Gasteiger partial charge in [-0.1, -0.05) is 12.1 Å². The van der Waals surface area contributed by atoms with Crippen LogP contribution in [0.1, 0.15) is 28.1 Å². The van der Waals surface area contributed by atoms with E-state index in [0.29, 0.717) is 20.8 Å². The Morgan fingerprint density at radius 1 is 1.00 bits per heavy atom. The van der Waals surface area contributed by atoms with Gasteiger partial charge in [0.2, 0.25) is 11.8 Å². The number of hydrogen-bond donors (Lipinski definition) is 1.